The van der Waals surface area contributed by atoms with Crippen molar-refractivity contribution in [3.63, 3.8) is 0 Å². The first-order valence-corrected chi connectivity index (χ1v) is 6.76. The zero-order chi connectivity index (χ0) is 13.9. The first-order chi connectivity index (χ1) is 9.75. The van der Waals surface area contributed by atoms with Crippen LogP contribution in [0.5, 0.6) is 0 Å². The van der Waals surface area contributed by atoms with Gasteiger partial charge in [0, 0.05) is 25.3 Å². The number of hydrogen-bond acceptors (Lipinski definition) is 5. The van der Waals surface area contributed by atoms with Gasteiger partial charge in [0.2, 0.25) is 0 Å². The zero-order valence-electron chi connectivity index (χ0n) is 11.2. The maximum atomic E-state index is 12.2. The number of nitrogens with zero attached hydrogens (tertiary/aromatic N) is 2. The van der Waals surface area contributed by atoms with Crippen molar-refractivity contribution in [1.82, 2.24) is 10.2 Å². The van der Waals surface area contributed by atoms with Crippen molar-refractivity contribution in [2.75, 3.05) is 37.7 Å². The lowest BCUT2D eigenvalue weighted by atomic mass is 10.1. The Morgan fingerprint density at radius 2 is 2.15 bits per heavy atom. The number of para-hydroxylation sites is 1. The SMILES string of the molecule is O=C(CN1CCNCc2ccccc21)N1CCOC1=O. The second-order valence-corrected chi connectivity index (χ2v) is 4.89. The highest BCUT2D eigenvalue weighted by Gasteiger charge is 2.30. The van der Waals surface area contributed by atoms with Crippen LogP contribution in [-0.2, 0) is 16.1 Å². The third-order valence-corrected chi connectivity index (χ3v) is 3.59. The van der Waals surface area contributed by atoms with E-state index in [1.807, 2.05) is 23.1 Å². The number of nitrogens with one attached hydrogen (secondary N) is 1. The van der Waals surface area contributed by atoms with Crippen LogP contribution in [0, 0.1) is 0 Å². The highest BCUT2D eigenvalue weighted by Crippen LogP contribution is 2.22. The number of amides is 2. The number of ether oxygens (including phenoxy) is 1. The lowest BCUT2D eigenvalue weighted by Gasteiger charge is -2.25. The minimum Gasteiger partial charge on any atom is -0.447 e. The highest BCUT2D eigenvalue weighted by molar-refractivity contribution is 5.95. The number of carbonyl (C=O) groups is 2. The average Bonchev–Trinajstić information content (AvgIpc) is 2.78. The second-order valence-electron chi connectivity index (χ2n) is 4.89. The Morgan fingerprint density at radius 1 is 1.30 bits per heavy atom. The molecule has 0 radical (unpaired) electrons. The molecule has 0 unspecified atom stereocenters. The van der Waals surface area contributed by atoms with Crippen LogP contribution < -0.4 is 10.2 Å². The van der Waals surface area contributed by atoms with Gasteiger partial charge in [-0.2, -0.15) is 0 Å². The van der Waals surface area contributed by atoms with Gasteiger partial charge in [-0.1, -0.05) is 18.2 Å². The van der Waals surface area contributed by atoms with E-state index < -0.39 is 6.09 Å². The molecule has 0 spiro atoms. The first kappa shape index (κ1) is 12.9. The largest absolute Gasteiger partial charge is 0.447 e. The molecule has 0 bridgehead atoms. The number of anilines is 1. The van der Waals surface area contributed by atoms with E-state index in [0.717, 1.165) is 25.3 Å². The van der Waals surface area contributed by atoms with Crippen molar-refractivity contribution in [2.24, 2.45) is 0 Å². The maximum Gasteiger partial charge on any atom is 0.416 e. The van der Waals surface area contributed by atoms with Gasteiger partial charge in [0.1, 0.15) is 6.61 Å². The summed E-state index contributed by atoms with van der Waals surface area (Å²) in [6, 6.07) is 8.02. The van der Waals surface area contributed by atoms with Crippen molar-refractivity contribution in [1.29, 1.82) is 0 Å². The summed E-state index contributed by atoms with van der Waals surface area (Å²) < 4.78 is 4.81. The number of fused-ring (bicyclic) bond motifs is 1. The molecule has 1 saturated heterocycles. The van der Waals surface area contributed by atoms with Gasteiger partial charge in [-0.3, -0.25) is 4.79 Å². The van der Waals surface area contributed by atoms with Gasteiger partial charge < -0.3 is 15.0 Å². The van der Waals surface area contributed by atoms with Gasteiger partial charge >= 0.3 is 6.09 Å². The number of benzene rings is 1. The van der Waals surface area contributed by atoms with Crippen molar-refractivity contribution in [2.45, 2.75) is 6.54 Å². The molecule has 0 aromatic heterocycles. The van der Waals surface area contributed by atoms with E-state index in [9.17, 15) is 9.59 Å². The predicted molar refractivity (Wildman–Crippen MR) is 73.4 cm³/mol. The summed E-state index contributed by atoms with van der Waals surface area (Å²) in [5, 5.41) is 3.33. The van der Waals surface area contributed by atoms with Gasteiger partial charge in [-0.05, 0) is 11.6 Å². The minimum atomic E-state index is -0.531. The van der Waals surface area contributed by atoms with Gasteiger partial charge in [-0.15, -0.1) is 0 Å². The molecule has 1 aromatic carbocycles. The molecule has 2 amide bonds. The summed E-state index contributed by atoms with van der Waals surface area (Å²) in [5.74, 6) is -0.204. The predicted octanol–water partition coefficient (Wildman–Crippen LogP) is 0.575. The Labute approximate surface area is 117 Å². The highest BCUT2D eigenvalue weighted by atomic mass is 16.6. The average molecular weight is 275 g/mol. The lowest BCUT2D eigenvalue weighted by molar-refractivity contribution is -0.126. The third kappa shape index (κ3) is 2.46. The maximum absolute atomic E-state index is 12.2. The standard InChI is InChI=1S/C14H17N3O3/c18-13(17-7-8-20-14(17)19)10-16-6-5-15-9-11-3-1-2-4-12(11)16/h1-4,15H,5-10H2. The summed E-state index contributed by atoms with van der Waals surface area (Å²) >= 11 is 0. The Hall–Kier alpha value is -2.08. The molecule has 6 nitrogen and oxygen atoms in total. The zero-order valence-corrected chi connectivity index (χ0v) is 11.2. The van der Waals surface area contributed by atoms with Crippen molar-refractivity contribution < 1.29 is 14.3 Å². The van der Waals surface area contributed by atoms with Crippen LogP contribution in [0.25, 0.3) is 0 Å². The lowest BCUT2D eigenvalue weighted by Crippen LogP contribution is -2.42. The molecule has 2 aliphatic rings. The second kappa shape index (κ2) is 5.50. The van der Waals surface area contributed by atoms with E-state index in [1.165, 1.54) is 10.5 Å². The van der Waals surface area contributed by atoms with Gasteiger partial charge in [0.05, 0.1) is 13.1 Å². The fourth-order valence-electron chi connectivity index (χ4n) is 2.56. The molecular weight excluding hydrogens is 258 g/mol. The van der Waals surface area contributed by atoms with Crippen LogP contribution in [0.4, 0.5) is 10.5 Å². The third-order valence-electron chi connectivity index (χ3n) is 3.59. The Balaban J connectivity index is 1.76. The molecule has 2 aliphatic heterocycles. The summed E-state index contributed by atoms with van der Waals surface area (Å²) in [7, 11) is 0. The van der Waals surface area contributed by atoms with Crippen LogP contribution >= 0.6 is 0 Å². The van der Waals surface area contributed by atoms with E-state index >= 15 is 0 Å². The van der Waals surface area contributed by atoms with Crippen LogP contribution in [0.2, 0.25) is 0 Å². The first-order valence-electron chi connectivity index (χ1n) is 6.76. The molecule has 0 saturated carbocycles. The fourth-order valence-corrected chi connectivity index (χ4v) is 2.56. The molecule has 1 fully saturated rings. The molecular formula is C14H17N3O3. The van der Waals surface area contributed by atoms with Crippen molar-refractivity contribution >= 4 is 17.7 Å². The molecule has 0 aliphatic carbocycles. The molecule has 20 heavy (non-hydrogen) atoms. The molecule has 2 heterocycles. The summed E-state index contributed by atoms with van der Waals surface area (Å²) in [5.41, 5.74) is 2.22. The van der Waals surface area contributed by atoms with Crippen LogP contribution in [0.3, 0.4) is 0 Å². The van der Waals surface area contributed by atoms with Gasteiger partial charge in [0.25, 0.3) is 5.91 Å². The molecule has 3 rings (SSSR count). The smallest absolute Gasteiger partial charge is 0.416 e. The minimum absolute atomic E-state index is 0.202. The quantitative estimate of drug-likeness (QED) is 0.855. The molecule has 1 aromatic rings. The normalized spacial score (nSPS) is 18.5. The molecule has 106 valence electrons. The monoisotopic (exact) mass is 275 g/mol. The summed E-state index contributed by atoms with van der Waals surface area (Å²) in [6.07, 6.45) is -0.531. The molecule has 6 heteroatoms. The van der Waals surface area contributed by atoms with Crippen molar-refractivity contribution in [3.8, 4) is 0 Å². The number of carbonyl (C=O) groups excluding carboxylic acids is 2. The number of hydrogen-bond donors (Lipinski definition) is 1. The number of rotatable bonds is 2. The Kier molecular flexibility index (Phi) is 3.56. The van der Waals surface area contributed by atoms with Gasteiger partial charge in [-0.25, -0.2) is 9.69 Å². The van der Waals surface area contributed by atoms with Crippen LogP contribution in [-0.4, -0.2) is 49.7 Å². The number of cyclic esters (lactones) is 1. The molecule has 0 atom stereocenters. The Morgan fingerprint density at radius 3 is 2.95 bits per heavy atom. The van der Waals surface area contributed by atoms with E-state index in [0.29, 0.717) is 13.2 Å². The fraction of sp³-hybridized carbons (Fsp3) is 0.429. The van der Waals surface area contributed by atoms with E-state index in [2.05, 4.69) is 11.4 Å². The summed E-state index contributed by atoms with van der Waals surface area (Å²) in [6.45, 7) is 3.20. The molecule has 1 N–H and O–H groups in total. The van der Waals surface area contributed by atoms with E-state index in [1.54, 1.807) is 0 Å². The van der Waals surface area contributed by atoms with Crippen LogP contribution in [0.15, 0.2) is 24.3 Å². The van der Waals surface area contributed by atoms with Gasteiger partial charge in [0.15, 0.2) is 0 Å². The Bertz CT molecular complexity index is 532. The van der Waals surface area contributed by atoms with Crippen molar-refractivity contribution in [3.05, 3.63) is 29.8 Å². The summed E-state index contributed by atoms with van der Waals surface area (Å²) in [4.78, 5) is 26.8. The van der Waals surface area contributed by atoms with E-state index in [-0.39, 0.29) is 12.5 Å². The van der Waals surface area contributed by atoms with E-state index in [4.69, 9.17) is 4.74 Å². The topological polar surface area (TPSA) is 61.9 Å². The van der Waals surface area contributed by atoms with Crippen LogP contribution in [0.1, 0.15) is 5.56 Å². The number of imide groups is 1.